The Balaban J connectivity index is 2.99. The molecule has 0 unspecified atom stereocenters. The van der Waals surface area contributed by atoms with Crippen molar-refractivity contribution in [1.82, 2.24) is 0 Å². The molecule has 0 saturated carbocycles. The van der Waals surface area contributed by atoms with Crippen LogP contribution in [0, 0.1) is 0 Å². The van der Waals surface area contributed by atoms with Gasteiger partial charge in [-0.05, 0) is 44.0 Å². The third-order valence-electron chi connectivity index (χ3n) is 1.17. The largest absolute Gasteiger partial charge is 0.244 e. The van der Waals surface area contributed by atoms with Gasteiger partial charge in [-0.25, -0.2) is 4.39 Å². The van der Waals surface area contributed by atoms with Gasteiger partial charge in [0.1, 0.15) is 0 Å². The minimum Gasteiger partial charge on any atom is -0.213 e. The normalized spacial score (nSPS) is 11.6. The highest BCUT2D eigenvalue weighted by Crippen LogP contribution is 2.39. The zero-order valence-electron chi connectivity index (χ0n) is 5.32. The van der Waals surface area contributed by atoms with Gasteiger partial charge in [-0.15, -0.1) is 0 Å². The fourth-order valence-corrected chi connectivity index (χ4v) is 1.29. The second-order valence-corrected chi connectivity index (χ2v) is 5.69. The Morgan fingerprint density at radius 1 is 1.18 bits per heavy atom. The van der Waals surface area contributed by atoms with Crippen LogP contribution in [0.1, 0.15) is 5.56 Å². The molecule has 0 fully saturated rings. The third kappa shape index (κ3) is 2.73. The minimum absolute atomic E-state index is 0.488. The van der Waals surface area contributed by atoms with Gasteiger partial charge in [-0.3, -0.25) is 0 Å². The van der Waals surface area contributed by atoms with E-state index >= 15 is 0 Å². The van der Waals surface area contributed by atoms with Gasteiger partial charge in [0, 0.05) is 10.6 Å². The molecular formula is C7H4Br2ClF. The molecule has 0 saturated heterocycles. The Morgan fingerprint density at radius 3 is 2.00 bits per heavy atom. The van der Waals surface area contributed by atoms with Gasteiger partial charge in [0.05, 0.1) is 0 Å². The van der Waals surface area contributed by atoms with Crippen LogP contribution in [0.3, 0.4) is 0 Å². The molecule has 1 rings (SSSR count). The van der Waals surface area contributed by atoms with Gasteiger partial charge >= 0.3 is 0 Å². The van der Waals surface area contributed by atoms with Crippen molar-refractivity contribution >= 4 is 43.5 Å². The van der Waals surface area contributed by atoms with Crippen molar-refractivity contribution in [2.24, 2.45) is 0 Å². The summed E-state index contributed by atoms with van der Waals surface area (Å²) in [5.41, 5.74) is 0.488. The molecule has 11 heavy (non-hydrogen) atoms. The Hall–Kier alpha value is 0.400. The lowest BCUT2D eigenvalue weighted by molar-refractivity contribution is 0.444. The molecule has 0 aliphatic rings. The summed E-state index contributed by atoms with van der Waals surface area (Å²) in [7, 11) is 0. The van der Waals surface area contributed by atoms with E-state index in [-0.39, 0.29) is 0 Å². The topological polar surface area (TPSA) is 0 Å². The first-order valence-corrected chi connectivity index (χ1v) is 4.79. The third-order valence-corrected chi connectivity index (χ3v) is 2.34. The van der Waals surface area contributed by atoms with Crippen LogP contribution in [0.5, 0.6) is 0 Å². The molecule has 0 aromatic heterocycles. The predicted molar refractivity (Wildman–Crippen MR) is 52.1 cm³/mol. The smallest absolute Gasteiger partial charge is 0.213 e. The molecule has 0 radical (unpaired) electrons. The van der Waals surface area contributed by atoms with E-state index < -0.39 is 3.49 Å². The van der Waals surface area contributed by atoms with Crippen molar-refractivity contribution < 1.29 is 4.39 Å². The average molecular weight is 302 g/mol. The summed E-state index contributed by atoms with van der Waals surface area (Å²) in [5, 5.41) is 0.595. The maximum absolute atomic E-state index is 13.0. The lowest BCUT2D eigenvalue weighted by Gasteiger charge is -2.09. The molecule has 0 N–H and O–H groups in total. The summed E-state index contributed by atoms with van der Waals surface area (Å²) < 4.78 is 11.4. The summed E-state index contributed by atoms with van der Waals surface area (Å²) in [6.07, 6.45) is 0. The molecule has 0 atom stereocenters. The van der Waals surface area contributed by atoms with Gasteiger partial charge in [0.25, 0.3) is 0 Å². The van der Waals surface area contributed by atoms with Crippen LogP contribution in [-0.2, 0) is 3.49 Å². The van der Waals surface area contributed by atoms with Crippen molar-refractivity contribution in [2.75, 3.05) is 0 Å². The predicted octanol–water partition coefficient (Wildman–Crippen LogP) is 4.21. The first-order valence-electron chi connectivity index (χ1n) is 2.83. The molecular weight excluding hydrogens is 298 g/mol. The van der Waals surface area contributed by atoms with Crippen LogP contribution in [-0.4, -0.2) is 0 Å². The van der Waals surface area contributed by atoms with E-state index in [0.717, 1.165) is 0 Å². The van der Waals surface area contributed by atoms with E-state index in [9.17, 15) is 4.39 Å². The molecule has 60 valence electrons. The van der Waals surface area contributed by atoms with E-state index in [1.54, 1.807) is 24.3 Å². The number of rotatable bonds is 1. The highest BCUT2D eigenvalue weighted by molar-refractivity contribution is 9.24. The lowest BCUT2D eigenvalue weighted by atomic mass is 10.2. The SMILES string of the molecule is FC(Br)(Br)c1ccc(Cl)cc1. The fourth-order valence-electron chi connectivity index (χ4n) is 0.639. The van der Waals surface area contributed by atoms with E-state index in [1.165, 1.54) is 0 Å². The standard InChI is InChI=1S/C7H4Br2ClF/c8-7(9,11)5-1-3-6(10)4-2-5/h1-4H. The molecule has 0 amide bonds. The van der Waals surface area contributed by atoms with Gasteiger partial charge in [-0.1, -0.05) is 23.7 Å². The first-order chi connectivity index (χ1) is 5.00. The van der Waals surface area contributed by atoms with Gasteiger partial charge in [0.2, 0.25) is 3.49 Å². The number of alkyl halides is 3. The van der Waals surface area contributed by atoms with Crippen LogP contribution < -0.4 is 0 Å². The number of benzene rings is 1. The minimum atomic E-state index is -1.65. The van der Waals surface area contributed by atoms with Crippen molar-refractivity contribution in [3.8, 4) is 0 Å². The average Bonchev–Trinajstić information content (AvgIpc) is 1.86. The van der Waals surface area contributed by atoms with Crippen LogP contribution in [0.25, 0.3) is 0 Å². The zero-order chi connectivity index (χ0) is 8.48. The van der Waals surface area contributed by atoms with Crippen molar-refractivity contribution in [2.45, 2.75) is 3.49 Å². The number of halogens is 4. The van der Waals surface area contributed by atoms with Crippen molar-refractivity contribution in [3.05, 3.63) is 34.9 Å². The molecule has 0 aliphatic carbocycles. The quantitative estimate of drug-likeness (QED) is 0.682. The van der Waals surface area contributed by atoms with Gasteiger partial charge in [-0.2, -0.15) is 0 Å². The Morgan fingerprint density at radius 2 is 1.64 bits per heavy atom. The van der Waals surface area contributed by atoms with Crippen LogP contribution >= 0.6 is 43.5 Å². The van der Waals surface area contributed by atoms with E-state index in [2.05, 4.69) is 31.9 Å². The maximum atomic E-state index is 13.0. The van der Waals surface area contributed by atoms with Gasteiger partial charge < -0.3 is 0 Å². The Kier molecular flexibility index (Phi) is 2.95. The first kappa shape index (κ1) is 9.49. The van der Waals surface area contributed by atoms with Crippen LogP contribution in [0.4, 0.5) is 4.39 Å². The lowest BCUT2D eigenvalue weighted by Crippen LogP contribution is -1.98. The molecule has 0 nitrogen and oxygen atoms in total. The molecule has 4 heteroatoms. The van der Waals surface area contributed by atoms with E-state index in [4.69, 9.17) is 11.6 Å². The van der Waals surface area contributed by atoms with Crippen LogP contribution in [0.2, 0.25) is 5.02 Å². The van der Waals surface area contributed by atoms with Crippen molar-refractivity contribution in [3.63, 3.8) is 0 Å². The Bertz CT molecular complexity index is 240. The summed E-state index contributed by atoms with van der Waals surface area (Å²) in [6, 6.07) is 6.47. The summed E-state index contributed by atoms with van der Waals surface area (Å²) in [4.78, 5) is 0. The van der Waals surface area contributed by atoms with E-state index in [0.29, 0.717) is 10.6 Å². The molecule has 1 aromatic carbocycles. The monoisotopic (exact) mass is 300 g/mol. The molecule has 0 aliphatic heterocycles. The second kappa shape index (κ2) is 3.42. The van der Waals surface area contributed by atoms with Crippen LogP contribution in [0.15, 0.2) is 24.3 Å². The van der Waals surface area contributed by atoms with E-state index in [1.807, 2.05) is 0 Å². The summed E-state index contributed by atoms with van der Waals surface area (Å²) >= 11 is 11.2. The Labute approximate surface area is 86.0 Å². The number of hydrogen-bond acceptors (Lipinski definition) is 0. The molecule has 0 bridgehead atoms. The summed E-state index contributed by atoms with van der Waals surface area (Å²) in [6.45, 7) is 0. The van der Waals surface area contributed by atoms with Crippen molar-refractivity contribution in [1.29, 1.82) is 0 Å². The fraction of sp³-hybridized carbons (Fsp3) is 0.143. The maximum Gasteiger partial charge on any atom is 0.244 e. The molecule has 0 heterocycles. The molecule has 0 spiro atoms. The summed E-state index contributed by atoms with van der Waals surface area (Å²) in [5.74, 6) is 0. The highest BCUT2D eigenvalue weighted by Gasteiger charge is 2.22. The zero-order valence-corrected chi connectivity index (χ0v) is 9.25. The molecule has 1 aromatic rings. The van der Waals surface area contributed by atoms with Gasteiger partial charge in [0.15, 0.2) is 0 Å². The number of hydrogen-bond donors (Lipinski definition) is 0. The second-order valence-electron chi connectivity index (χ2n) is 2.00. The highest BCUT2D eigenvalue weighted by atomic mass is 79.9.